The first-order valence-electron chi connectivity index (χ1n) is 6.26. The molecule has 1 aliphatic carbocycles. The molecule has 0 atom stereocenters. The van der Waals surface area contributed by atoms with Crippen LogP contribution in [-0.2, 0) is 0 Å². The summed E-state index contributed by atoms with van der Waals surface area (Å²) in [6.45, 7) is 1.13. The number of nitrogens with one attached hydrogen (secondary N) is 1. The number of aliphatic hydroxyl groups excluding tert-OH is 1. The molecule has 1 aliphatic rings. The number of nitrogens with zero attached hydrogens (tertiary/aromatic N) is 2. The van der Waals surface area contributed by atoms with Crippen molar-refractivity contribution >= 4 is 29.2 Å². The molecule has 0 saturated heterocycles. The van der Waals surface area contributed by atoms with Crippen molar-refractivity contribution in [3.8, 4) is 0 Å². The maximum absolute atomic E-state index is 8.66. The molecule has 4 nitrogen and oxygen atoms in total. The summed E-state index contributed by atoms with van der Waals surface area (Å²) in [7, 11) is 0. The Hall–Kier alpha value is -0.520. The Morgan fingerprint density at radius 2 is 2.22 bits per heavy atom. The average molecular weight is 288 g/mol. The van der Waals surface area contributed by atoms with Gasteiger partial charge < -0.3 is 10.4 Å². The van der Waals surface area contributed by atoms with Gasteiger partial charge >= 0.3 is 0 Å². The van der Waals surface area contributed by atoms with E-state index in [0.29, 0.717) is 11.1 Å². The molecule has 2 N–H and O–H groups in total. The summed E-state index contributed by atoms with van der Waals surface area (Å²) >= 11 is 7.80. The van der Waals surface area contributed by atoms with Gasteiger partial charge in [0.1, 0.15) is 16.8 Å². The van der Waals surface area contributed by atoms with Crippen molar-refractivity contribution in [3.05, 3.63) is 17.0 Å². The lowest BCUT2D eigenvalue weighted by Crippen LogP contribution is -2.08. The fourth-order valence-corrected chi connectivity index (χ4v) is 2.54. The standard InChI is InChI=1S/C12H18ClN3OS/c13-10-8-11(14-4-7-18-6-1-5-17)16-12(15-10)9-2-3-9/h8-9,17H,1-7H2,(H,14,15,16). The Labute approximate surface area is 117 Å². The molecule has 0 unspecified atom stereocenters. The van der Waals surface area contributed by atoms with E-state index in [9.17, 15) is 0 Å². The number of halogens is 1. The van der Waals surface area contributed by atoms with Crippen molar-refractivity contribution in [1.29, 1.82) is 0 Å². The first-order chi connectivity index (χ1) is 8.79. The fourth-order valence-electron chi connectivity index (χ4n) is 1.57. The van der Waals surface area contributed by atoms with Gasteiger partial charge in [-0.1, -0.05) is 11.6 Å². The minimum absolute atomic E-state index is 0.271. The Morgan fingerprint density at radius 3 is 2.94 bits per heavy atom. The van der Waals surface area contributed by atoms with E-state index in [1.165, 1.54) is 12.8 Å². The highest BCUT2D eigenvalue weighted by Crippen LogP contribution is 2.38. The number of anilines is 1. The lowest BCUT2D eigenvalue weighted by atomic mass is 10.4. The van der Waals surface area contributed by atoms with Crippen molar-refractivity contribution in [2.75, 3.05) is 30.0 Å². The highest BCUT2D eigenvalue weighted by Gasteiger charge is 2.27. The SMILES string of the molecule is OCCCSCCNc1cc(Cl)nc(C2CC2)n1. The van der Waals surface area contributed by atoms with Crippen molar-refractivity contribution in [1.82, 2.24) is 9.97 Å². The summed E-state index contributed by atoms with van der Waals surface area (Å²) in [6.07, 6.45) is 3.21. The summed E-state index contributed by atoms with van der Waals surface area (Å²) in [4.78, 5) is 8.72. The van der Waals surface area contributed by atoms with Gasteiger partial charge in [0.25, 0.3) is 0 Å². The van der Waals surface area contributed by atoms with E-state index < -0.39 is 0 Å². The molecule has 100 valence electrons. The fraction of sp³-hybridized carbons (Fsp3) is 0.667. The Morgan fingerprint density at radius 1 is 1.39 bits per heavy atom. The average Bonchev–Trinajstić information content (AvgIpc) is 3.17. The molecule has 0 spiro atoms. The molecule has 0 radical (unpaired) electrons. The van der Waals surface area contributed by atoms with Gasteiger partial charge in [0.05, 0.1) is 0 Å². The second-order valence-corrected chi connectivity index (χ2v) is 5.94. The van der Waals surface area contributed by atoms with Gasteiger partial charge in [-0.25, -0.2) is 9.97 Å². The van der Waals surface area contributed by atoms with E-state index >= 15 is 0 Å². The Kier molecular flexibility index (Phi) is 5.53. The molecule has 6 heteroatoms. The molecule has 0 amide bonds. The van der Waals surface area contributed by atoms with E-state index in [4.69, 9.17) is 16.7 Å². The van der Waals surface area contributed by atoms with Gasteiger partial charge in [-0.05, 0) is 25.0 Å². The van der Waals surface area contributed by atoms with Gasteiger partial charge in [-0.3, -0.25) is 0 Å². The second-order valence-electron chi connectivity index (χ2n) is 4.32. The number of hydrogen-bond acceptors (Lipinski definition) is 5. The van der Waals surface area contributed by atoms with Crippen molar-refractivity contribution in [2.24, 2.45) is 0 Å². The molecule has 18 heavy (non-hydrogen) atoms. The van der Waals surface area contributed by atoms with Crippen LogP contribution in [0, 0.1) is 0 Å². The molecule has 1 saturated carbocycles. The van der Waals surface area contributed by atoms with Gasteiger partial charge in [-0.15, -0.1) is 0 Å². The van der Waals surface area contributed by atoms with E-state index in [1.807, 2.05) is 11.8 Å². The number of thioether (sulfide) groups is 1. The topological polar surface area (TPSA) is 58.0 Å². The molecule has 1 aromatic rings. The van der Waals surface area contributed by atoms with Crippen LogP contribution in [0.1, 0.15) is 31.0 Å². The van der Waals surface area contributed by atoms with E-state index in [1.54, 1.807) is 6.07 Å². The molecule has 2 rings (SSSR count). The molecule has 0 bridgehead atoms. The highest BCUT2D eigenvalue weighted by molar-refractivity contribution is 7.99. The molecule has 1 heterocycles. The lowest BCUT2D eigenvalue weighted by Gasteiger charge is -2.07. The van der Waals surface area contributed by atoms with Crippen LogP contribution < -0.4 is 5.32 Å². The summed E-state index contributed by atoms with van der Waals surface area (Å²) in [6, 6.07) is 1.77. The van der Waals surface area contributed by atoms with Crippen molar-refractivity contribution in [3.63, 3.8) is 0 Å². The number of rotatable bonds is 8. The van der Waals surface area contributed by atoms with Gasteiger partial charge in [0.15, 0.2) is 0 Å². The second kappa shape index (κ2) is 7.16. The maximum Gasteiger partial charge on any atom is 0.135 e. The number of hydrogen-bond donors (Lipinski definition) is 2. The summed E-state index contributed by atoms with van der Waals surface area (Å²) in [5, 5.41) is 12.4. The molecule has 1 aromatic heterocycles. The Bertz CT molecular complexity index is 388. The van der Waals surface area contributed by atoms with Crippen LogP contribution in [0.3, 0.4) is 0 Å². The van der Waals surface area contributed by atoms with Crippen LogP contribution in [0.4, 0.5) is 5.82 Å². The molecular formula is C12H18ClN3OS. The van der Waals surface area contributed by atoms with Crippen molar-refractivity contribution < 1.29 is 5.11 Å². The van der Waals surface area contributed by atoms with E-state index in [0.717, 1.165) is 36.1 Å². The third-order valence-electron chi connectivity index (χ3n) is 2.65. The first-order valence-corrected chi connectivity index (χ1v) is 7.80. The Balaban J connectivity index is 1.74. The summed E-state index contributed by atoms with van der Waals surface area (Å²) in [5.74, 6) is 4.21. The third-order valence-corrected chi connectivity index (χ3v) is 3.92. The molecule has 0 aromatic carbocycles. The zero-order chi connectivity index (χ0) is 12.8. The predicted molar refractivity (Wildman–Crippen MR) is 76.5 cm³/mol. The quantitative estimate of drug-likeness (QED) is 0.568. The van der Waals surface area contributed by atoms with E-state index in [-0.39, 0.29) is 6.61 Å². The first kappa shape index (κ1) is 13.9. The predicted octanol–water partition coefficient (Wildman–Crippen LogP) is 2.53. The van der Waals surface area contributed by atoms with Gasteiger partial charge in [0, 0.05) is 30.9 Å². The highest BCUT2D eigenvalue weighted by atomic mass is 35.5. The molecule has 1 fully saturated rings. The normalized spacial score (nSPS) is 14.8. The van der Waals surface area contributed by atoms with E-state index in [2.05, 4.69) is 15.3 Å². The van der Waals surface area contributed by atoms with Crippen LogP contribution in [0.2, 0.25) is 5.15 Å². The third kappa shape index (κ3) is 4.63. The van der Waals surface area contributed by atoms with Gasteiger partial charge in [0.2, 0.25) is 0 Å². The maximum atomic E-state index is 8.66. The van der Waals surface area contributed by atoms with Gasteiger partial charge in [-0.2, -0.15) is 11.8 Å². The van der Waals surface area contributed by atoms with Crippen LogP contribution >= 0.6 is 23.4 Å². The zero-order valence-electron chi connectivity index (χ0n) is 10.2. The van der Waals surface area contributed by atoms with Crippen LogP contribution in [0.15, 0.2) is 6.07 Å². The smallest absolute Gasteiger partial charge is 0.135 e. The zero-order valence-corrected chi connectivity index (χ0v) is 11.8. The number of aromatic nitrogens is 2. The van der Waals surface area contributed by atoms with Crippen LogP contribution in [-0.4, -0.2) is 39.7 Å². The summed E-state index contributed by atoms with van der Waals surface area (Å²) in [5.41, 5.74) is 0. The monoisotopic (exact) mass is 287 g/mol. The lowest BCUT2D eigenvalue weighted by molar-refractivity contribution is 0.296. The molecular weight excluding hydrogens is 270 g/mol. The summed E-state index contributed by atoms with van der Waals surface area (Å²) < 4.78 is 0. The number of aliphatic hydroxyl groups is 1. The largest absolute Gasteiger partial charge is 0.396 e. The van der Waals surface area contributed by atoms with Crippen LogP contribution in [0.25, 0.3) is 0 Å². The minimum Gasteiger partial charge on any atom is -0.396 e. The van der Waals surface area contributed by atoms with Crippen LogP contribution in [0.5, 0.6) is 0 Å². The minimum atomic E-state index is 0.271. The van der Waals surface area contributed by atoms with Crippen molar-refractivity contribution in [2.45, 2.75) is 25.2 Å². The molecule has 0 aliphatic heterocycles.